The third-order valence-electron chi connectivity index (χ3n) is 3.21. The Balaban J connectivity index is 2.43. The molecule has 0 aliphatic heterocycles. The Bertz CT molecular complexity index is 794. The number of sulfonamides is 1. The van der Waals surface area contributed by atoms with Crippen LogP contribution in [0.4, 0.5) is 4.79 Å². The van der Waals surface area contributed by atoms with Crippen LogP contribution in [0, 0.1) is 0 Å². The van der Waals surface area contributed by atoms with Crippen LogP contribution < -0.4 is 20.7 Å². The molecule has 1 aromatic rings. The second kappa shape index (κ2) is 11.8. The highest BCUT2D eigenvalue weighted by atomic mass is 35.5. The first-order valence-electron chi connectivity index (χ1n) is 9.28. The molecule has 0 bridgehead atoms. The van der Waals surface area contributed by atoms with Crippen LogP contribution in [0.15, 0.2) is 34.2 Å². The van der Waals surface area contributed by atoms with Gasteiger partial charge in [-0.3, -0.25) is 4.99 Å². The van der Waals surface area contributed by atoms with Gasteiger partial charge in [-0.1, -0.05) is 17.7 Å². The molecule has 0 saturated heterocycles. The molecule has 1 rings (SSSR count). The third-order valence-corrected chi connectivity index (χ3v) is 4.90. The van der Waals surface area contributed by atoms with Gasteiger partial charge in [-0.25, -0.2) is 17.9 Å². The molecule has 164 valence electrons. The van der Waals surface area contributed by atoms with Gasteiger partial charge in [-0.15, -0.1) is 0 Å². The predicted molar refractivity (Wildman–Crippen MR) is 115 cm³/mol. The highest BCUT2D eigenvalue weighted by Crippen LogP contribution is 2.14. The van der Waals surface area contributed by atoms with E-state index in [-0.39, 0.29) is 18.0 Å². The summed E-state index contributed by atoms with van der Waals surface area (Å²) in [6.07, 6.45) is -0.489. The van der Waals surface area contributed by atoms with Gasteiger partial charge in [0.2, 0.25) is 10.0 Å². The zero-order valence-electron chi connectivity index (χ0n) is 17.2. The van der Waals surface area contributed by atoms with E-state index in [2.05, 4.69) is 25.7 Å². The molecule has 0 aliphatic rings. The van der Waals surface area contributed by atoms with Gasteiger partial charge in [0.05, 0.1) is 11.4 Å². The molecule has 11 heteroatoms. The number of ether oxygens (including phenoxy) is 1. The van der Waals surface area contributed by atoms with Crippen molar-refractivity contribution in [3.63, 3.8) is 0 Å². The van der Waals surface area contributed by atoms with E-state index in [1.54, 1.807) is 32.9 Å². The van der Waals surface area contributed by atoms with Gasteiger partial charge in [0, 0.05) is 31.2 Å². The molecule has 0 aromatic heterocycles. The number of alkyl carbamates (subject to hydrolysis) is 1. The largest absolute Gasteiger partial charge is 0.444 e. The van der Waals surface area contributed by atoms with E-state index in [1.807, 2.05) is 6.92 Å². The minimum atomic E-state index is -3.64. The van der Waals surface area contributed by atoms with Crippen LogP contribution in [0.3, 0.4) is 0 Å². The second-order valence-corrected chi connectivity index (χ2v) is 9.17. The summed E-state index contributed by atoms with van der Waals surface area (Å²) in [5.74, 6) is 0.514. The highest BCUT2D eigenvalue weighted by molar-refractivity contribution is 7.89. The number of aliphatic imine (C=N–C) groups is 1. The third kappa shape index (κ3) is 10.9. The van der Waals surface area contributed by atoms with Crippen LogP contribution in [0.2, 0.25) is 5.02 Å². The molecular weight excluding hydrogens is 418 g/mol. The summed E-state index contributed by atoms with van der Waals surface area (Å²) in [5, 5.41) is 9.08. The van der Waals surface area contributed by atoms with E-state index in [1.165, 1.54) is 12.1 Å². The van der Waals surface area contributed by atoms with Gasteiger partial charge in [-0.05, 0) is 45.9 Å². The van der Waals surface area contributed by atoms with Gasteiger partial charge in [0.1, 0.15) is 5.60 Å². The molecular formula is C18H30ClN5O4S. The standard InChI is InChI=1S/C18H30ClN5O4S/c1-5-20-16(21-9-10-23-17(25)28-18(2,3)4)22-11-12-24-29(26,27)15-8-6-7-14(19)13-15/h6-8,13,24H,5,9-12H2,1-4H3,(H,23,25)(H2,20,21,22). The zero-order chi connectivity index (χ0) is 21.9. The summed E-state index contributed by atoms with van der Waals surface area (Å²) < 4.78 is 32.1. The fourth-order valence-corrected chi connectivity index (χ4v) is 3.39. The minimum Gasteiger partial charge on any atom is -0.444 e. The SMILES string of the molecule is CCNC(=NCCNS(=O)(=O)c1cccc(Cl)c1)NCCNC(=O)OC(C)(C)C. The number of carbonyl (C=O) groups is 1. The Labute approximate surface area is 177 Å². The lowest BCUT2D eigenvalue weighted by molar-refractivity contribution is 0.0529. The Morgan fingerprint density at radius 3 is 2.45 bits per heavy atom. The van der Waals surface area contributed by atoms with Crippen LogP contribution in [0.5, 0.6) is 0 Å². The number of nitrogens with one attached hydrogen (secondary N) is 4. The number of hydrogen-bond acceptors (Lipinski definition) is 5. The molecule has 4 N–H and O–H groups in total. The van der Waals surface area contributed by atoms with E-state index in [0.717, 1.165) is 0 Å². The van der Waals surface area contributed by atoms with Crippen LogP contribution in [0.25, 0.3) is 0 Å². The first-order valence-corrected chi connectivity index (χ1v) is 11.1. The highest BCUT2D eigenvalue weighted by Gasteiger charge is 2.15. The van der Waals surface area contributed by atoms with Crippen molar-refractivity contribution < 1.29 is 17.9 Å². The second-order valence-electron chi connectivity index (χ2n) is 6.97. The number of guanidine groups is 1. The molecule has 0 saturated carbocycles. The van der Waals surface area contributed by atoms with Gasteiger partial charge in [-0.2, -0.15) is 0 Å². The smallest absolute Gasteiger partial charge is 0.407 e. The summed E-state index contributed by atoms with van der Waals surface area (Å²) >= 11 is 5.84. The number of carbonyl (C=O) groups excluding carboxylic acids is 1. The Morgan fingerprint density at radius 2 is 1.83 bits per heavy atom. The average molecular weight is 448 g/mol. The first-order chi connectivity index (χ1) is 13.5. The number of halogens is 1. The van der Waals surface area contributed by atoms with Crippen molar-refractivity contribution in [3.8, 4) is 0 Å². The lowest BCUT2D eigenvalue weighted by atomic mass is 10.2. The monoisotopic (exact) mass is 447 g/mol. The van der Waals surface area contributed by atoms with E-state index in [4.69, 9.17) is 16.3 Å². The first kappa shape index (κ1) is 25.0. The van der Waals surface area contributed by atoms with Gasteiger partial charge in [0.25, 0.3) is 0 Å². The van der Waals surface area contributed by atoms with E-state index >= 15 is 0 Å². The van der Waals surface area contributed by atoms with Crippen molar-refractivity contribution in [3.05, 3.63) is 29.3 Å². The molecule has 1 aromatic carbocycles. The van der Waals surface area contributed by atoms with Crippen molar-refractivity contribution in [1.82, 2.24) is 20.7 Å². The van der Waals surface area contributed by atoms with Crippen molar-refractivity contribution in [2.75, 3.05) is 32.7 Å². The van der Waals surface area contributed by atoms with E-state index in [0.29, 0.717) is 30.6 Å². The van der Waals surface area contributed by atoms with Gasteiger partial charge in [0.15, 0.2) is 5.96 Å². The summed E-state index contributed by atoms with van der Waals surface area (Å²) in [4.78, 5) is 16.0. The Hall–Kier alpha value is -2.04. The minimum absolute atomic E-state index is 0.104. The summed E-state index contributed by atoms with van der Waals surface area (Å²) in [6, 6.07) is 6.04. The number of rotatable bonds is 9. The van der Waals surface area contributed by atoms with Gasteiger partial charge >= 0.3 is 6.09 Å². The Kier molecular flexibility index (Phi) is 10.2. The number of benzene rings is 1. The molecule has 9 nitrogen and oxygen atoms in total. The Morgan fingerprint density at radius 1 is 1.14 bits per heavy atom. The summed E-state index contributed by atoms with van der Waals surface area (Å²) in [6.45, 7) is 9.07. The molecule has 0 spiro atoms. The fourth-order valence-electron chi connectivity index (χ4n) is 2.07. The van der Waals surface area contributed by atoms with E-state index < -0.39 is 21.7 Å². The zero-order valence-corrected chi connectivity index (χ0v) is 18.8. The number of hydrogen-bond donors (Lipinski definition) is 4. The van der Waals surface area contributed by atoms with Crippen molar-refractivity contribution in [2.45, 2.75) is 38.2 Å². The number of nitrogens with zero attached hydrogens (tertiary/aromatic N) is 1. The normalized spacial score (nSPS) is 12.4. The van der Waals surface area contributed by atoms with E-state index in [9.17, 15) is 13.2 Å². The van der Waals surface area contributed by atoms with Crippen molar-refractivity contribution >= 4 is 33.7 Å². The van der Waals surface area contributed by atoms with Crippen molar-refractivity contribution in [2.24, 2.45) is 4.99 Å². The van der Waals surface area contributed by atoms with Crippen LogP contribution in [-0.2, 0) is 14.8 Å². The molecule has 1 amide bonds. The van der Waals surface area contributed by atoms with Crippen LogP contribution in [-0.4, -0.2) is 58.8 Å². The predicted octanol–water partition coefficient (Wildman–Crippen LogP) is 1.70. The molecule has 29 heavy (non-hydrogen) atoms. The molecule has 0 unspecified atom stereocenters. The van der Waals surface area contributed by atoms with Crippen LogP contribution >= 0.6 is 11.6 Å². The molecule has 0 aliphatic carbocycles. The average Bonchev–Trinajstić information content (AvgIpc) is 2.60. The van der Waals surface area contributed by atoms with Gasteiger partial charge < -0.3 is 20.7 Å². The maximum absolute atomic E-state index is 12.2. The van der Waals surface area contributed by atoms with Crippen LogP contribution in [0.1, 0.15) is 27.7 Å². The maximum atomic E-state index is 12.2. The lowest BCUT2D eigenvalue weighted by Crippen LogP contribution is -2.42. The topological polar surface area (TPSA) is 121 Å². The molecule has 0 fully saturated rings. The lowest BCUT2D eigenvalue weighted by Gasteiger charge is -2.19. The molecule has 0 atom stereocenters. The summed E-state index contributed by atoms with van der Waals surface area (Å²) in [5.41, 5.74) is -0.549. The fraction of sp³-hybridized carbons (Fsp3) is 0.556. The maximum Gasteiger partial charge on any atom is 0.407 e. The number of amides is 1. The summed E-state index contributed by atoms with van der Waals surface area (Å²) in [7, 11) is -3.64. The quantitative estimate of drug-likeness (QED) is 0.260. The molecule has 0 heterocycles. The molecule has 0 radical (unpaired) electrons. The van der Waals surface area contributed by atoms with Crippen molar-refractivity contribution in [1.29, 1.82) is 0 Å².